The van der Waals surface area contributed by atoms with Gasteiger partial charge in [-0.2, -0.15) is 0 Å². The lowest BCUT2D eigenvalue weighted by atomic mass is 10.1. The highest BCUT2D eigenvalue weighted by molar-refractivity contribution is 7.14. The summed E-state index contributed by atoms with van der Waals surface area (Å²) in [7, 11) is 0. The minimum Gasteiger partial charge on any atom is -0.493 e. The van der Waals surface area contributed by atoms with Crippen LogP contribution in [0.15, 0.2) is 23.6 Å². The molecule has 0 bridgehead atoms. The van der Waals surface area contributed by atoms with E-state index in [1.165, 1.54) is 16.9 Å². The molecule has 4 rings (SSSR count). The van der Waals surface area contributed by atoms with E-state index in [2.05, 4.69) is 26.0 Å². The topological polar surface area (TPSA) is 77.0 Å². The number of carbonyl (C=O) groups excluding carboxylic acids is 1. The van der Waals surface area contributed by atoms with E-state index in [1.807, 2.05) is 24.4 Å². The lowest BCUT2D eigenvalue weighted by molar-refractivity contribution is 0.102. The second kappa shape index (κ2) is 6.29. The van der Waals surface area contributed by atoms with Crippen molar-refractivity contribution in [3.05, 3.63) is 39.7 Å². The maximum atomic E-state index is 12.3. The number of thiazole rings is 1. The van der Waals surface area contributed by atoms with Gasteiger partial charge >= 0.3 is 0 Å². The summed E-state index contributed by atoms with van der Waals surface area (Å²) >= 11 is 2.51. The lowest BCUT2D eigenvalue weighted by Gasteiger charge is -2.02. The molecule has 0 saturated heterocycles. The van der Waals surface area contributed by atoms with Crippen molar-refractivity contribution in [1.29, 1.82) is 0 Å². The van der Waals surface area contributed by atoms with Crippen LogP contribution in [-0.2, 0) is 12.8 Å². The van der Waals surface area contributed by atoms with Gasteiger partial charge in [-0.1, -0.05) is 11.4 Å². The summed E-state index contributed by atoms with van der Waals surface area (Å²) in [6, 6.07) is 6.07. The Bertz CT molecular complexity index is 903. The van der Waals surface area contributed by atoms with Crippen LogP contribution in [-0.4, -0.2) is 27.1 Å². The first-order valence-corrected chi connectivity index (χ1v) is 9.24. The summed E-state index contributed by atoms with van der Waals surface area (Å²) in [5.74, 6) is 0.748. The zero-order valence-corrected chi connectivity index (χ0v) is 14.5. The Morgan fingerprint density at radius 2 is 2.33 bits per heavy atom. The third-order valence-corrected chi connectivity index (χ3v) is 5.33. The number of aromatic nitrogens is 3. The molecule has 24 heavy (non-hydrogen) atoms. The van der Waals surface area contributed by atoms with Crippen LogP contribution in [0.1, 0.15) is 27.9 Å². The minimum absolute atomic E-state index is 0.204. The number of nitrogens with one attached hydrogen (secondary N) is 1. The van der Waals surface area contributed by atoms with Gasteiger partial charge in [-0.25, -0.2) is 4.98 Å². The summed E-state index contributed by atoms with van der Waals surface area (Å²) in [5.41, 5.74) is 3.80. The van der Waals surface area contributed by atoms with Gasteiger partial charge in [0.15, 0.2) is 5.13 Å². The van der Waals surface area contributed by atoms with Crippen LogP contribution < -0.4 is 10.1 Å². The molecule has 122 valence electrons. The van der Waals surface area contributed by atoms with E-state index in [0.29, 0.717) is 22.1 Å². The van der Waals surface area contributed by atoms with Crippen LogP contribution in [0.3, 0.4) is 0 Å². The second-order valence-electron chi connectivity index (χ2n) is 5.32. The van der Waals surface area contributed by atoms with Crippen LogP contribution >= 0.6 is 22.9 Å². The number of benzene rings is 1. The molecular weight excluding hydrogens is 344 g/mol. The molecule has 3 aromatic rings. The van der Waals surface area contributed by atoms with E-state index in [1.54, 1.807) is 0 Å². The van der Waals surface area contributed by atoms with E-state index >= 15 is 0 Å². The average Bonchev–Trinajstić information content (AvgIpc) is 3.33. The summed E-state index contributed by atoms with van der Waals surface area (Å²) in [6.07, 6.45) is 1.61. The van der Waals surface area contributed by atoms with Gasteiger partial charge in [0.05, 0.1) is 18.0 Å². The molecule has 0 atom stereocenters. The fraction of sp³-hybridized carbons (Fsp3) is 0.250. The Kier molecular flexibility index (Phi) is 3.99. The number of ether oxygens (including phenoxy) is 1. The molecule has 2 aromatic heterocycles. The number of hydrogen-bond acceptors (Lipinski definition) is 7. The van der Waals surface area contributed by atoms with E-state index in [4.69, 9.17) is 4.74 Å². The number of carbonyl (C=O) groups is 1. The SMILES string of the molecule is CCc1nnsc1C(=O)Nc1nc(-c2ccc3c(c2)CCO3)cs1. The molecule has 1 aliphatic rings. The van der Waals surface area contributed by atoms with Gasteiger partial charge < -0.3 is 4.74 Å². The maximum Gasteiger partial charge on any atom is 0.271 e. The molecule has 0 radical (unpaired) electrons. The minimum atomic E-state index is -0.204. The standard InChI is InChI=1S/C16H14N4O2S2/c1-2-11-14(24-20-19-11)15(21)18-16-17-12(8-23-16)9-3-4-13-10(7-9)5-6-22-13/h3-4,7-8H,2,5-6H2,1H3,(H,17,18,21). The van der Waals surface area contributed by atoms with E-state index in [-0.39, 0.29) is 5.91 Å². The molecule has 1 aliphatic heterocycles. The third kappa shape index (κ3) is 2.78. The maximum absolute atomic E-state index is 12.3. The summed E-state index contributed by atoms with van der Waals surface area (Å²) < 4.78 is 9.37. The monoisotopic (exact) mass is 358 g/mol. The molecule has 1 N–H and O–H groups in total. The Labute approximate surface area is 146 Å². The van der Waals surface area contributed by atoms with Crippen LogP contribution in [0.5, 0.6) is 5.75 Å². The number of nitrogens with zero attached hydrogens (tertiary/aromatic N) is 3. The fourth-order valence-corrected chi connectivity index (χ4v) is 3.94. The predicted octanol–water partition coefficient (Wildman–Crippen LogP) is 3.41. The van der Waals surface area contributed by atoms with Gasteiger partial charge in [0.2, 0.25) is 0 Å². The lowest BCUT2D eigenvalue weighted by Crippen LogP contribution is -2.12. The Hall–Kier alpha value is -2.32. The Morgan fingerprint density at radius 1 is 1.42 bits per heavy atom. The molecule has 0 unspecified atom stereocenters. The first-order chi connectivity index (χ1) is 11.7. The molecule has 1 aromatic carbocycles. The van der Waals surface area contributed by atoms with Crippen molar-refractivity contribution < 1.29 is 9.53 Å². The van der Waals surface area contributed by atoms with Crippen LogP contribution in [0.2, 0.25) is 0 Å². The molecule has 1 amide bonds. The van der Waals surface area contributed by atoms with Crippen LogP contribution in [0.4, 0.5) is 5.13 Å². The Morgan fingerprint density at radius 3 is 3.21 bits per heavy atom. The third-order valence-electron chi connectivity index (χ3n) is 3.81. The smallest absolute Gasteiger partial charge is 0.271 e. The van der Waals surface area contributed by atoms with Crippen LogP contribution in [0.25, 0.3) is 11.3 Å². The second-order valence-corrected chi connectivity index (χ2v) is 6.93. The van der Waals surface area contributed by atoms with Crippen LogP contribution in [0, 0.1) is 0 Å². The zero-order valence-electron chi connectivity index (χ0n) is 12.9. The van der Waals surface area contributed by atoms with Gasteiger partial charge in [-0.3, -0.25) is 10.1 Å². The highest BCUT2D eigenvalue weighted by atomic mass is 32.1. The molecule has 3 heterocycles. The number of amides is 1. The normalized spacial score (nSPS) is 12.7. The van der Waals surface area contributed by atoms with Gasteiger partial charge in [-0.15, -0.1) is 16.4 Å². The number of aryl methyl sites for hydroxylation is 1. The molecule has 8 heteroatoms. The van der Waals surface area contributed by atoms with Crippen molar-refractivity contribution in [3.8, 4) is 17.0 Å². The number of rotatable bonds is 4. The number of anilines is 1. The summed E-state index contributed by atoms with van der Waals surface area (Å²) in [4.78, 5) is 17.4. The van der Waals surface area contributed by atoms with Gasteiger partial charge in [0.1, 0.15) is 10.6 Å². The molecule has 0 fully saturated rings. The van der Waals surface area contributed by atoms with Crippen molar-refractivity contribution in [2.45, 2.75) is 19.8 Å². The van der Waals surface area contributed by atoms with Crippen molar-refractivity contribution in [1.82, 2.24) is 14.6 Å². The molecule has 0 saturated carbocycles. The molecular formula is C16H14N4O2S2. The van der Waals surface area contributed by atoms with Crippen molar-refractivity contribution in [3.63, 3.8) is 0 Å². The zero-order chi connectivity index (χ0) is 16.5. The largest absolute Gasteiger partial charge is 0.493 e. The molecule has 6 nitrogen and oxygen atoms in total. The quantitative estimate of drug-likeness (QED) is 0.773. The van der Waals surface area contributed by atoms with Crippen molar-refractivity contribution in [2.75, 3.05) is 11.9 Å². The summed E-state index contributed by atoms with van der Waals surface area (Å²) in [6.45, 7) is 2.69. The van der Waals surface area contributed by atoms with E-state index in [9.17, 15) is 4.79 Å². The highest BCUT2D eigenvalue weighted by Gasteiger charge is 2.17. The molecule has 0 aliphatic carbocycles. The van der Waals surface area contributed by atoms with Gasteiger partial charge in [-0.05, 0) is 41.7 Å². The Balaban J connectivity index is 1.54. The van der Waals surface area contributed by atoms with Crippen molar-refractivity contribution >= 4 is 33.9 Å². The fourth-order valence-electron chi connectivity index (χ4n) is 2.58. The van der Waals surface area contributed by atoms with Gasteiger partial charge in [0.25, 0.3) is 5.91 Å². The summed E-state index contributed by atoms with van der Waals surface area (Å²) in [5, 5.41) is 9.31. The number of hydrogen-bond donors (Lipinski definition) is 1. The predicted molar refractivity (Wildman–Crippen MR) is 94.0 cm³/mol. The van der Waals surface area contributed by atoms with Crippen molar-refractivity contribution in [2.24, 2.45) is 0 Å². The van der Waals surface area contributed by atoms with E-state index in [0.717, 1.165) is 41.6 Å². The molecule has 0 spiro atoms. The van der Waals surface area contributed by atoms with Gasteiger partial charge in [0, 0.05) is 17.4 Å². The number of fused-ring (bicyclic) bond motifs is 1. The van der Waals surface area contributed by atoms with E-state index < -0.39 is 0 Å². The first kappa shape index (κ1) is 15.2. The average molecular weight is 358 g/mol. The highest BCUT2D eigenvalue weighted by Crippen LogP contribution is 2.32. The first-order valence-electron chi connectivity index (χ1n) is 7.59.